The first-order valence-electron chi connectivity index (χ1n) is 11.1. The van der Waals surface area contributed by atoms with E-state index < -0.39 is 0 Å². The van der Waals surface area contributed by atoms with Crippen molar-refractivity contribution in [3.8, 4) is 0 Å². The van der Waals surface area contributed by atoms with E-state index in [4.69, 9.17) is 9.97 Å². The van der Waals surface area contributed by atoms with Gasteiger partial charge in [0.25, 0.3) is 0 Å². The lowest BCUT2D eigenvalue weighted by molar-refractivity contribution is -0.122. The van der Waals surface area contributed by atoms with Gasteiger partial charge in [-0.15, -0.1) is 0 Å². The molecule has 0 saturated carbocycles. The van der Waals surface area contributed by atoms with Gasteiger partial charge in [0, 0.05) is 19.6 Å². The third-order valence-electron chi connectivity index (χ3n) is 5.68. The standard InChI is InChI=1S/C23H30N6OS/c1-3-18(17-10-6-5-7-11-17)22(30)24-12-15-29-21-19(16-25-29)20(28-13-8-9-14-28)26-23(27-21)31-4-2/h5-7,10-11,16,18H,3-4,8-9,12-15H2,1-2H3,(H,24,30). The van der Waals surface area contributed by atoms with Crippen molar-refractivity contribution < 1.29 is 4.79 Å². The lowest BCUT2D eigenvalue weighted by Gasteiger charge is -2.18. The van der Waals surface area contributed by atoms with E-state index in [2.05, 4.69) is 22.2 Å². The maximum atomic E-state index is 12.8. The molecule has 1 N–H and O–H groups in total. The molecule has 0 spiro atoms. The lowest BCUT2D eigenvalue weighted by Crippen LogP contribution is -2.32. The molecule has 1 aliphatic heterocycles. The predicted molar refractivity (Wildman–Crippen MR) is 126 cm³/mol. The third-order valence-corrected chi connectivity index (χ3v) is 6.41. The SMILES string of the molecule is CCSc1nc(N2CCCC2)c2cnn(CCNC(=O)C(CC)c3ccccc3)c2n1. The van der Waals surface area contributed by atoms with Crippen LogP contribution in [-0.2, 0) is 11.3 Å². The Morgan fingerprint density at radius 3 is 2.65 bits per heavy atom. The van der Waals surface area contributed by atoms with Crippen LogP contribution in [0.25, 0.3) is 11.0 Å². The molecule has 1 atom stereocenters. The first kappa shape index (κ1) is 21.6. The number of carbonyl (C=O) groups excluding carboxylic acids is 1. The van der Waals surface area contributed by atoms with Crippen LogP contribution < -0.4 is 10.2 Å². The summed E-state index contributed by atoms with van der Waals surface area (Å²) in [4.78, 5) is 24.7. The molecule has 164 valence electrons. The minimum Gasteiger partial charge on any atom is -0.356 e. The van der Waals surface area contributed by atoms with Gasteiger partial charge >= 0.3 is 0 Å². The fraction of sp³-hybridized carbons (Fsp3) is 0.478. The molecule has 1 fully saturated rings. The summed E-state index contributed by atoms with van der Waals surface area (Å²) in [6.45, 7) is 7.30. The van der Waals surface area contributed by atoms with Gasteiger partial charge in [-0.3, -0.25) is 4.79 Å². The zero-order valence-electron chi connectivity index (χ0n) is 18.3. The van der Waals surface area contributed by atoms with Crippen molar-refractivity contribution in [2.24, 2.45) is 0 Å². The van der Waals surface area contributed by atoms with Gasteiger partial charge in [0.2, 0.25) is 5.91 Å². The summed E-state index contributed by atoms with van der Waals surface area (Å²) in [7, 11) is 0. The number of nitrogens with one attached hydrogen (secondary N) is 1. The van der Waals surface area contributed by atoms with Gasteiger partial charge in [-0.2, -0.15) is 5.10 Å². The highest BCUT2D eigenvalue weighted by Crippen LogP contribution is 2.29. The van der Waals surface area contributed by atoms with E-state index in [1.807, 2.05) is 48.1 Å². The number of aromatic nitrogens is 4. The van der Waals surface area contributed by atoms with Crippen molar-refractivity contribution in [1.29, 1.82) is 0 Å². The van der Waals surface area contributed by atoms with Crippen LogP contribution in [-0.4, -0.2) is 51.0 Å². The monoisotopic (exact) mass is 438 g/mol. The Labute approximate surface area is 187 Å². The highest BCUT2D eigenvalue weighted by atomic mass is 32.2. The third kappa shape index (κ3) is 4.84. The van der Waals surface area contributed by atoms with E-state index in [-0.39, 0.29) is 11.8 Å². The van der Waals surface area contributed by atoms with E-state index in [9.17, 15) is 4.79 Å². The minimum atomic E-state index is -0.132. The molecule has 31 heavy (non-hydrogen) atoms. The van der Waals surface area contributed by atoms with Gasteiger partial charge in [-0.25, -0.2) is 14.6 Å². The Bertz CT molecular complexity index is 1020. The van der Waals surface area contributed by atoms with Crippen LogP contribution in [0.3, 0.4) is 0 Å². The maximum Gasteiger partial charge on any atom is 0.227 e. The molecule has 0 aliphatic carbocycles. The predicted octanol–water partition coefficient (Wildman–Crippen LogP) is 3.85. The molecule has 2 aromatic heterocycles. The number of thioether (sulfide) groups is 1. The minimum absolute atomic E-state index is 0.0553. The number of hydrogen-bond acceptors (Lipinski definition) is 6. The number of amides is 1. The largest absolute Gasteiger partial charge is 0.356 e. The van der Waals surface area contributed by atoms with E-state index in [1.165, 1.54) is 12.8 Å². The Morgan fingerprint density at radius 1 is 1.16 bits per heavy atom. The van der Waals surface area contributed by atoms with E-state index in [0.29, 0.717) is 13.1 Å². The van der Waals surface area contributed by atoms with Crippen LogP contribution >= 0.6 is 11.8 Å². The molecular formula is C23H30N6OS. The normalized spacial score (nSPS) is 14.8. The molecule has 0 bridgehead atoms. The molecule has 1 unspecified atom stereocenters. The first-order valence-corrected chi connectivity index (χ1v) is 12.1. The van der Waals surface area contributed by atoms with Crippen LogP contribution in [0.1, 0.15) is 44.6 Å². The molecular weight excluding hydrogens is 408 g/mol. The van der Waals surface area contributed by atoms with Crippen molar-refractivity contribution in [2.45, 2.75) is 50.7 Å². The second-order valence-corrected chi connectivity index (χ2v) is 8.96. The number of rotatable bonds is 9. The summed E-state index contributed by atoms with van der Waals surface area (Å²) in [5.74, 6) is 1.84. The lowest BCUT2D eigenvalue weighted by atomic mass is 9.96. The van der Waals surface area contributed by atoms with Gasteiger partial charge in [-0.05, 0) is 30.6 Å². The Hall–Kier alpha value is -2.61. The van der Waals surface area contributed by atoms with Crippen LogP contribution in [0.5, 0.6) is 0 Å². The van der Waals surface area contributed by atoms with Crippen molar-refractivity contribution in [1.82, 2.24) is 25.1 Å². The maximum absolute atomic E-state index is 12.8. The van der Waals surface area contributed by atoms with E-state index >= 15 is 0 Å². The molecule has 8 heteroatoms. The fourth-order valence-corrected chi connectivity index (χ4v) is 4.67. The second-order valence-electron chi connectivity index (χ2n) is 7.72. The summed E-state index contributed by atoms with van der Waals surface area (Å²) in [6.07, 6.45) is 5.03. The molecule has 1 amide bonds. The van der Waals surface area contributed by atoms with Crippen LogP contribution in [0, 0.1) is 0 Å². The molecule has 1 saturated heterocycles. The topological polar surface area (TPSA) is 75.9 Å². The number of benzene rings is 1. The molecule has 3 aromatic rings. The quantitative estimate of drug-likeness (QED) is 0.404. The smallest absolute Gasteiger partial charge is 0.227 e. The summed E-state index contributed by atoms with van der Waals surface area (Å²) in [5, 5.41) is 9.44. The van der Waals surface area contributed by atoms with E-state index in [0.717, 1.165) is 52.8 Å². The average Bonchev–Trinajstić information content (AvgIpc) is 3.46. The number of fused-ring (bicyclic) bond motifs is 1. The van der Waals surface area contributed by atoms with Gasteiger partial charge in [-0.1, -0.05) is 55.9 Å². The molecule has 1 aliphatic rings. The average molecular weight is 439 g/mol. The van der Waals surface area contributed by atoms with Crippen molar-refractivity contribution in [2.75, 3.05) is 30.3 Å². The zero-order chi connectivity index (χ0) is 21.6. The first-order chi connectivity index (χ1) is 15.2. The highest BCUT2D eigenvalue weighted by molar-refractivity contribution is 7.99. The molecule has 7 nitrogen and oxygen atoms in total. The fourth-order valence-electron chi connectivity index (χ4n) is 4.11. The number of nitrogens with zero attached hydrogens (tertiary/aromatic N) is 5. The second kappa shape index (κ2) is 10.1. The van der Waals surface area contributed by atoms with Gasteiger partial charge in [0.15, 0.2) is 10.8 Å². The van der Waals surface area contributed by atoms with E-state index in [1.54, 1.807) is 11.8 Å². The highest BCUT2D eigenvalue weighted by Gasteiger charge is 2.21. The van der Waals surface area contributed by atoms with Crippen LogP contribution in [0.2, 0.25) is 0 Å². The van der Waals surface area contributed by atoms with Crippen LogP contribution in [0.4, 0.5) is 5.82 Å². The van der Waals surface area contributed by atoms with Gasteiger partial charge in [0.1, 0.15) is 5.82 Å². The summed E-state index contributed by atoms with van der Waals surface area (Å²) in [5.41, 5.74) is 1.90. The summed E-state index contributed by atoms with van der Waals surface area (Å²) >= 11 is 1.65. The molecule has 0 radical (unpaired) electrons. The molecule has 4 rings (SSSR count). The summed E-state index contributed by atoms with van der Waals surface area (Å²) in [6, 6.07) is 9.95. The Balaban J connectivity index is 1.49. The molecule has 1 aromatic carbocycles. The van der Waals surface area contributed by atoms with Crippen molar-refractivity contribution in [3.63, 3.8) is 0 Å². The Kier molecular flexibility index (Phi) is 7.06. The molecule has 3 heterocycles. The summed E-state index contributed by atoms with van der Waals surface area (Å²) < 4.78 is 1.89. The van der Waals surface area contributed by atoms with Crippen LogP contribution in [0.15, 0.2) is 41.7 Å². The zero-order valence-corrected chi connectivity index (χ0v) is 19.1. The van der Waals surface area contributed by atoms with Gasteiger partial charge < -0.3 is 10.2 Å². The number of hydrogen-bond donors (Lipinski definition) is 1. The number of carbonyl (C=O) groups is 1. The number of anilines is 1. The Morgan fingerprint density at radius 2 is 1.94 bits per heavy atom. The van der Waals surface area contributed by atoms with Gasteiger partial charge in [0.05, 0.1) is 24.0 Å². The van der Waals surface area contributed by atoms with Crippen molar-refractivity contribution >= 4 is 34.5 Å². The van der Waals surface area contributed by atoms with Crippen molar-refractivity contribution in [3.05, 3.63) is 42.1 Å².